The summed E-state index contributed by atoms with van der Waals surface area (Å²) in [5, 5.41) is 3.62. The number of likely N-dealkylation sites (tertiary alicyclic amines) is 1. The molecule has 7 heteroatoms. The highest BCUT2D eigenvalue weighted by Gasteiger charge is 2.30. The Balaban J connectivity index is 1.40. The van der Waals surface area contributed by atoms with Crippen molar-refractivity contribution in [2.45, 2.75) is 25.8 Å². The lowest BCUT2D eigenvalue weighted by Crippen LogP contribution is -2.45. The lowest BCUT2D eigenvalue weighted by molar-refractivity contribution is -0.138. The molecule has 1 aliphatic heterocycles. The van der Waals surface area contributed by atoms with E-state index < -0.39 is 0 Å². The number of aromatic nitrogens is 1. The molecule has 1 aromatic carbocycles. The van der Waals surface area contributed by atoms with E-state index in [4.69, 9.17) is 16.3 Å². The second kappa shape index (κ2) is 10.1. The molecule has 1 unspecified atom stereocenters. The van der Waals surface area contributed by atoms with E-state index in [1.807, 2.05) is 36.4 Å². The number of piperidine rings is 1. The summed E-state index contributed by atoms with van der Waals surface area (Å²) < 4.78 is 5.56. The van der Waals surface area contributed by atoms with Crippen molar-refractivity contribution >= 4 is 23.4 Å². The molecule has 1 fully saturated rings. The molecule has 0 saturated carbocycles. The Morgan fingerprint density at radius 2 is 2.11 bits per heavy atom. The topological polar surface area (TPSA) is 71.5 Å². The van der Waals surface area contributed by atoms with Crippen molar-refractivity contribution < 1.29 is 14.3 Å². The van der Waals surface area contributed by atoms with Gasteiger partial charge in [-0.3, -0.25) is 14.6 Å². The third kappa shape index (κ3) is 5.96. The molecule has 1 N–H and O–H groups in total. The first-order valence-electron chi connectivity index (χ1n) is 9.44. The Labute approximate surface area is 169 Å². The molecular formula is C21H24ClN3O3. The molecule has 1 atom stereocenters. The minimum absolute atomic E-state index is 0.00464. The number of hydrogen-bond acceptors (Lipinski definition) is 4. The molecule has 0 aliphatic carbocycles. The second-order valence-corrected chi connectivity index (χ2v) is 7.25. The average Bonchev–Trinajstić information content (AvgIpc) is 2.71. The van der Waals surface area contributed by atoms with E-state index in [1.54, 1.807) is 17.3 Å². The Morgan fingerprint density at radius 3 is 2.86 bits per heavy atom. The summed E-state index contributed by atoms with van der Waals surface area (Å²) in [6, 6.07) is 11.1. The number of carbonyl (C=O) groups excluding carboxylic acids is 2. The average molecular weight is 402 g/mol. The first-order valence-corrected chi connectivity index (χ1v) is 9.82. The molecule has 6 nitrogen and oxygen atoms in total. The van der Waals surface area contributed by atoms with Crippen LogP contribution < -0.4 is 10.1 Å². The van der Waals surface area contributed by atoms with Crippen LogP contribution in [0.4, 0.5) is 0 Å². The van der Waals surface area contributed by atoms with Crippen LogP contribution in [0.25, 0.3) is 0 Å². The predicted molar refractivity (Wildman–Crippen MR) is 107 cm³/mol. The van der Waals surface area contributed by atoms with E-state index in [2.05, 4.69) is 10.3 Å². The quantitative estimate of drug-likeness (QED) is 0.690. The third-order valence-corrected chi connectivity index (χ3v) is 4.93. The van der Waals surface area contributed by atoms with Crippen LogP contribution in [-0.2, 0) is 16.1 Å². The number of halogens is 1. The van der Waals surface area contributed by atoms with E-state index in [0.717, 1.165) is 11.3 Å². The molecule has 148 valence electrons. The fourth-order valence-electron chi connectivity index (χ4n) is 3.14. The molecule has 2 aromatic rings. The highest BCUT2D eigenvalue weighted by atomic mass is 35.5. The summed E-state index contributed by atoms with van der Waals surface area (Å²) in [6.07, 6.45) is 5.05. The van der Waals surface area contributed by atoms with Crippen molar-refractivity contribution in [3.05, 3.63) is 59.4 Å². The maximum atomic E-state index is 12.5. The monoisotopic (exact) mass is 401 g/mol. The summed E-state index contributed by atoms with van der Waals surface area (Å²) in [6.45, 7) is 2.00. The van der Waals surface area contributed by atoms with Gasteiger partial charge in [-0.2, -0.15) is 0 Å². The number of nitrogens with one attached hydrogen (secondary N) is 1. The van der Waals surface area contributed by atoms with Crippen LogP contribution in [0.5, 0.6) is 5.75 Å². The molecule has 1 aromatic heterocycles. The van der Waals surface area contributed by atoms with E-state index in [1.165, 1.54) is 0 Å². The van der Waals surface area contributed by atoms with Crippen molar-refractivity contribution in [3.8, 4) is 5.75 Å². The van der Waals surface area contributed by atoms with Gasteiger partial charge in [-0.1, -0.05) is 23.7 Å². The van der Waals surface area contributed by atoms with Crippen molar-refractivity contribution in [2.75, 3.05) is 19.7 Å². The Hall–Kier alpha value is -2.60. The van der Waals surface area contributed by atoms with Gasteiger partial charge in [0.25, 0.3) is 0 Å². The summed E-state index contributed by atoms with van der Waals surface area (Å²) in [7, 11) is 0. The lowest BCUT2D eigenvalue weighted by atomic mass is 9.96. The number of rotatable bonds is 8. The molecular weight excluding hydrogens is 378 g/mol. The summed E-state index contributed by atoms with van der Waals surface area (Å²) in [5.74, 6) is 0.626. The fraction of sp³-hybridized carbons (Fsp3) is 0.381. The summed E-state index contributed by atoms with van der Waals surface area (Å²) in [4.78, 5) is 30.4. The second-order valence-electron chi connectivity index (χ2n) is 6.82. The van der Waals surface area contributed by atoms with E-state index in [9.17, 15) is 9.59 Å². The molecule has 0 radical (unpaired) electrons. The highest BCUT2D eigenvalue weighted by molar-refractivity contribution is 6.30. The largest absolute Gasteiger partial charge is 0.492 e. The molecule has 3 rings (SSSR count). The SMILES string of the molecule is O=C(NCCCOc1cccnc1)C1CCC(=O)N(Cc2ccc(Cl)cc2)C1. The van der Waals surface area contributed by atoms with Crippen LogP contribution in [0.1, 0.15) is 24.8 Å². The number of hydrogen-bond donors (Lipinski definition) is 1. The normalized spacial score (nSPS) is 16.7. The Bertz CT molecular complexity index is 783. The van der Waals surface area contributed by atoms with Gasteiger partial charge in [-0.25, -0.2) is 0 Å². The zero-order valence-corrected chi connectivity index (χ0v) is 16.4. The standard InChI is InChI=1S/C21H24ClN3O3/c22-18-7-4-16(5-8-18)14-25-15-17(6-9-20(25)26)21(27)24-11-2-12-28-19-3-1-10-23-13-19/h1,3-5,7-8,10,13,17H,2,6,9,11-12,14-15H2,(H,24,27). The van der Waals surface area contributed by atoms with Crippen molar-refractivity contribution in [1.29, 1.82) is 0 Å². The number of amides is 2. The van der Waals surface area contributed by atoms with Crippen molar-refractivity contribution in [2.24, 2.45) is 5.92 Å². The van der Waals surface area contributed by atoms with Crippen LogP contribution in [0.15, 0.2) is 48.8 Å². The number of pyridine rings is 1. The highest BCUT2D eigenvalue weighted by Crippen LogP contribution is 2.21. The van der Waals surface area contributed by atoms with Crippen LogP contribution >= 0.6 is 11.6 Å². The fourth-order valence-corrected chi connectivity index (χ4v) is 3.27. The van der Waals surface area contributed by atoms with Crippen LogP contribution in [0.3, 0.4) is 0 Å². The molecule has 1 saturated heterocycles. The number of benzene rings is 1. The van der Waals surface area contributed by atoms with E-state index in [0.29, 0.717) is 50.5 Å². The maximum absolute atomic E-state index is 12.5. The Kier molecular flexibility index (Phi) is 7.25. The van der Waals surface area contributed by atoms with Crippen LogP contribution in [0.2, 0.25) is 5.02 Å². The number of nitrogens with zero attached hydrogens (tertiary/aromatic N) is 2. The van der Waals surface area contributed by atoms with Crippen LogP contribution in [-0.4, -0.2) is 41.4 Å². The van der Waals surface area contributed by atoms with Gasteiger partial charge in [0.15, 0.2) is 0 Å². The minimum Gasteiger partial charge on any atom is -0.492 e. The van der Waals surface area contributed by atoms with Gasteiger partial charge >= 0.3 is 0 Å². The predicted octanol–water partition coefficient (Wildman–Crippen LogP) is 3.06. The molecule has 2 amide bonds. The van der Waals surface area contributed by atoms with Gasteiger partial charge in [-0.15, -0.1) is 0 Å². The van der Waals surface area contributed by atoms with Crippen LogP contribution in [0, 0.1) is 5.92 Å². The van der Waals surface area contributed by atoms with Crippen molar-refractivity contribution in [1.82, 2.24) is 15.2 Å². The number of ether oxygens (including phenoxy) is 1. The van der Waals surface area contributed by atoms with Gasteiger partial charge in [0.2, 0.25) is 11.8 Å². The Morgan fingerprint density at radius 1 is 1.29 bits per heavy atom. The summed E-state index contributed by atoms with van der Waals surface area (Å²) in [5.41, 5.74) is 1.01. The molecule has 0 spiro atoms. The minimum atomic E-state index is -0.177. The number of carbonyl (C=O) groups is 2. The third-order valence-electron chi connectivity index (χ3n) is 4.68. The molecule has 1 aliphatic rings. The van der Waals surface area contributed by atoms with E-state index in [-0.39, 0.29) is 17.7 Å². The molecule has 28 heavy (non-hydrogen) atoms. The van der Waals surface area contributed by atoms with Gasteiger partial charge in [0, 0.05) is 37.3 Å². The van der Waals surface area contributed by atoms with Gasteiger partial charge in [-0.05, 0) is 42.7 Å². The molecule has 0 bridgehead atoms. The van der Waals surface area contributed by atoms with Gasteiger partial charge in [0.1, 0.15) is 5.75 Å². The lowest BCUT2D eigenvalue weighted by Gasteiger charge is -2.32. The first-order chi connectivity index (χ1) is 13.6. The first kappa shape index (κ1) is 20.1. The van der Waals surface area contributed by atoms with E-state index >= 15 is 0 Å². The zero-order valence-electron chi connectivity index (χ0n) is 15.6. The smallest absolute Gasteiger partial charge is 0.224 e. The molecule has 2 heterocycles. The maximum Gasteiger partial charge on any atom is 0.224 e. The summed E-state index contributed by atoms with van der Waals surface area (Å²) >= 11 is 5.91. The van der Waals surface area contributed by atoms with Crippen molar-refractivity contribution in [3.63, 3.8) is 0 Å². The van der Waals surface area contributed by atoms with Gasteiger partial charge in [0.05, 0.1) is 18.7 Å². The van der Waals surface area contributed by atoms with Gasteiger partial charge < -0.3 is 15.0 Å². The zero-order chi connectivity index (χ0) is 19.8.